The molecule has 3 aromatic rings. The van der Waals surface area contributed by atoms with E-state index in [-0.39, 0.29) is 36.1 Å². The van der Waals surface area contributed by atoms with Crippen LogP contribution in [0.3, 0.4) is 0 Å². The Bertz CT molecular complexity index is 1250. The molecule has 1 N–H and O–H groups in total. The summed E-state index contributed by atoms with van der Waals surface area (Å²) in [7, 11) is 0. The molecule has 5 nitrogen and oxygen atoms in total. The number of anilines is 1. The van der Waals surface area contributed by atoms with Gasteiger partial charge in [0, 0.05) is 17.5 Å². The summed E-state index contributed by atoms with van der Waals surface area (Å²) >= 11 is 0. The third-order valence-corrected chi connectivity index (χ3v) is 7.78. The van der Waals surface area contributed by atoms with Crippen molar-refractivity contribution >= 4 is 23.4 Å². The molecular formula is C29H26N2O3. The first-order chi connectivity index (χ1) is 16.4. The first-order valence-electron chi connectivity index (χ1n) is 11.8. The highest BCUT2D eigenvalue weighted by Crippen LogP contribution is 2.60. The van der Waals surface area contributed by atoms with Crippen molar-refractivity contribution in [2.45, 2.75) is 32.6 Å². The molecule has 34 heavy (non-hydrogen) atoms. The highest BCUT2D eigenvalue weighted by atomic mass is 16.2. The maximum atomic E-state index is 13.7. The average Bonchev–Trinajstić information content (AvgIpc) is 3.07. The molecule has 170 valence electrons. The van der Waals surface area contributed by atoms with Gasteiger partial charge in [-0.05, 0) is 54.2 Å². The highest BCUT2D eigenvalue weighted by molar-refractivity contribution is 6.10. The summed E-state index contributed by atoms with van der Waals surface area (Å²) in [6.45, 7) is 5.65. The van der Waals surface area contributed by atoms with Crippen LogP contribution in [0.4, 0.5) is 5.69 Å². The molecule has 3 aromatic carbocycles. The van der Waals surface area contributed by atoms with E-state index in [2.05, 4.69) is 29.6 Å². The number of nitrogens with zero attached hydrogens (tertiary/aromatic N) is 1. The minimum absolute atomic E-state index is 0.159. The standard InChI is InChI=1S/C29H26N2O3/c1-15-12-16(2)27(17(3)13-15)30-22(32)14-31-28(33)25-23-18-8-4-5-9-19(18)24(26(25)29(31)34)21-11-7-6-10-20(21)23/h4-13,23-26H,14H2,1-3H3,(H,30,32). The zero-order valence-electron chi connectivity index (χ0n) is 19.5. The fourth-order valence-corrected chi connectivity index (χ4v) is 6.59. The zero-order valence-corrected chi connectivity index (χ0v) is 19.5. The Morgan fingerprint density at radius 3 is 1.59 bits per heavy atom. The Labute approximate surface area is 198 Å². The van der Waals surface area contributed by atoms with E-state index in [1.807, 2.05) is 57.2 Å². The zero-order chi connectivity index (χ0) is 23.7. The second-order valence-corrected chi connectivity index (χ2v) is 9.85. The first kappa shape index (κ1) is 20.8. The van der Waals surface area contributed by atoms with Crippen molar-refractivity contribution in [3.05, 3.63) is 99.6 Å². The number of amides is 3. The second-order valence-electron chi connectivity index (χ2n) is 9.85. The van der Waals surface area contributed by atoms with Crippen LogP contribution in [0.2, 0.25) is 0 Å². The van der Waals surface area contributed by atoms with Gasteiger partial charge in [0.2, 0.25) is 17.7 Å². The fraction of sp³-hybridized carbons (Fsp3) is 0.276. The van der Waals surface area contributed by atoms with E-state index in [4.69, 9.17) is 0 Å². The molecule has 1 heterocycles. The van der Waals surface area contributed by atoms with Gasteiger partial charge in [0.05, 0.1) is 11.8 Å². The van der Waals surface area contributed by atoms with Crippen LogP contribution in [-0.2, 0) is 14.4 Å². The molecule has 3 aliphatic carbocycles. The minimum atomic E-state index is -0.460. The lowest BCUT2D eigenvalue weighted by Crippen LogP contribution is -2.41. The Kier molecular flexibility index (Phi) is 4.53. The topological polar surface area (TPSA) is 66.5 Å². The van der Waals surface area contributed by atoms with Crippen molar-refractivity contribution in [2.75, 3.05) is 11.9 Å². The molecule has 0 radical (unpaired) electrons. The monoisotopic (exact) mass is 450 g/mol. The van der Waals surface area contributed by atoms with Crippen LogP contribution in [0.1, 0.15) is 50.8 Å². The van der Waals surface area contributed by atoms with Gasteiger partial charge < -0.3 is 5.32 Å². The molecule has 7 rings (SSSR count). The maximum absolute atomic E-state index is 13.7. The molecule has 4 aliphatic rings. The Balaban J connectivity index is 1.34. The lowest BCUT2D eigenvalue weighted by atomic mass is 9.55. The molecule has 2 bridgehead atoms. The van der Waals surface area contributed by atoms with E-state index >= 15 is 0 Å². The number of hydrogen-bond acceptors (Lipinski definition) is 3. The molecule has 2 atom stereocenters. The summed E-state index contributed by atoms with van der Waals surface area (Å²) in [4.78, 5) is 41.5. The van der Waals surface area contributed by atoms with Crippen molar-refractivity contribution in [1.82, 2.24) is 4.90 Å². The lowest BCUT2D eigenvalue weighted by Gasteiger charge is -2.45. The van der Waals surface area contributed by atoms with Crippen molar-refractivity contribution in [1.29, 1.82) is 0 Å². The van der Waals surface area contributed by atoms with Crippen LogP contribution in [0.25, 0.3) is 0 Å². The third kappa shape index (κ3) is 2.82. The fourth-order valence-electron chi connectivity index (χ4n) is 6.59. The van der Waals surface area contributed by atoms with Crippen molar-refractivity contribution in [2.24, 2.45) is 11.8 Å². The SMILES string of the molecule is Cc1cc(C)c(NC(=O)CN2C(=O)C3C4c5ccccc5C(c5ccccc54)C3C2=O)c(C)c1. The van der Waals surface area contributed by atoms with E-state index in [0.717, 1.165) is 44.6 Å². The van der Waals surface area contributed by atoms with Crippen LogP contribution < -0.4 is 5.32 Å². The van der Waals surface area contributed by atoms with Crippen LogP contribution in [-0.4, -0.2) is 29.2 Å². The molecular weight excluding hydrogens is 424 g/mol. The summed E-state index contributed by atoms with van der Waals surface area (Å²) in [6.07, 6.45) is 0. The Morgan fingerprint density at radius 1 is 0.765 bits per heavy atom. The average molecular weight is 451 g/mol. The normalized spacial score (nSPS) is 24.0. The first-order valence-corrected chi connectivity index (χ1v) is 11.8. The summed E-state index contributed by atoms with van der Waals surface area (Å²) in [5, 5.41) is 2.94. The van der Waals surface area contributed by atoms with Gasteiger partial charge >= 0.3 is 0 Å². The second kappa shape index (κ2) is 7.39. The number of imide groups is 1. The minimum Gasteiger partial charge on any atom is -0.324 e. The van der Waals surface area contributed by atoms with E-state index in [9.17, 15) is 14.4 Å². The van der Waals surface area contributed by atoms with Gasteiger partial charge in [-0.2, -0.15) is 0 Å². The molecule has 0 aromatic heterocycles. The van der Waals surface area contributed by atoms with Gasteiger partial charge in [0.1, 0.15) is 6.54 Å². The molecule has 1 aliphatic heterocycles. The number of hydrogen-bond donors (Lipinski definition) is 1. The number of carbonyl (C=O) groups is 3. The van der Waals surface area contributed by atoms with Gasteiger partial charge in [-0.25, -0.2) is 0 Å². The van der Waals surface area contributed by atoms with E-state index in [1.54, 1.807) is 0 Å². The molecule has 2 unspecified atom stereocenters. The summed E-state index contributed by atoms with van der Waals surface area (Å²) in [5.41, 5.74) is 8.31. The molecule has 1 saturated heterocycles. The highest BCUT2D eigenvalue weighted by Gasteiger charge is 2.61. The van der Waals surface area contributed by atoms with E-state index < -0.39 is 11.8 Å². The quantitative estimate of drug-likeness (QED) is 0.600. The van der Waals surface area contributed by atoms with Crippen molar-refractivity contribution in [3.63, 3.8) is 0 Å². The number of carbonyl (C=O) groups excluding carboxylic acids is 3. The summed E-state index contributed by atoms with van der Waals surface area (Å²) in [5.74, 6) is -2.06. The van der Waals surface area contributed by atoms with Gasteiger partial charge in [-0.3, -0.25) is 19.3 Å². The maximum Gasteiger partial charge on any atom is 0.244 e. The number of aryl methyl sites for hydroxylation is 3. The number of rotatable bonds is 3. The molecule has 3 amide bonds. The smallest absolute Gasteiger partial charge is 0.244 e. The van der Waals surface area contributed by atoms with E-state index in [0.29, 0.717) is 0 Å². The van der Waals surface area contributed by atoms with Crippen LogP contribution in [0.5, 0.6) is 0 Å². The predicted octanol–water partition coefficient (Wildman–Crippen LogP) is 4.44. The Hall–Kier alpha value is -3.73. The lowest BCUT2D eigenvalue weighted by molar-refractivity contribution is -0.142. The number of likely N-dealkylation sites (tertiary alicyclic amines) is 1. The molecule has 0 spiro atoms. The number of nitrogens with one attached hydrogen (secondary N) is 1. The van der Waals surface area contributed by atoms with Crippen LogP contribution >= 0.6 is 0 Å². The summed E-state index contributed by atoms with van der Waals surface area (Å²) in [6, 6.07) is 20.3. The van der Waals surface area contributed by atoms with Gasteiger partial charge in [-0.1, -0.05) is 66.2 Å². The molecule has 5 heteroatoms. The van der Waals surface area contributed by atoms with Gasteiger partial charge in [0.25, 0.3) is 0 Å². The van der Waals surface area contributed by atoms with Gasteiger partial charge in [0.15, 0.2) is 0 Å². The van der Waals surface area contributed by atoms with Crippen LogP contribution in [0.15, 0.2) is 60.7 Å². The van der Waals surface area contributed by atoms with Crippen molar-refractivity contribution in [3.8, 4) is 0 Å². The summed E-state index contributed by atoms with van der Waals surface area (Å²) < 4.78 is 0. The van der Waals surface area contributed by atoms with E-state index in [1.165, 1.54) is 4.90 Å². The predicted molar refractivity (Wildman–Crippen MR) is 130 cm³/mol. The number of benzene rings is 3. The Morgan fingerprint density at radius 2 is 1.18 bits per heavy atom. The molecule has 1 fully saturated rings. The largest absolute Gasteiger partial charge is 0.324 e. The molecule has 0 saturated carbocycles. The van der Waals surface area contributed by atoms with Gasteiger partial charge in [-0.15, -0.1) is 0 Å². The van der Waals surface area contributed by atoms with Crippen molar-refractivity contribution < 1.29 is 14.4 Å². The third-order valence-electron chi connectivity index (χ3n) is 7.78. The van der Waals surface area contributed by atoms with Crippen LogP contribution in [0, 0.1) is 32.6 Å².